The molecule has 0 unspecified atom stereocenters. The third-order valence-electron chi connectivity index (χ3n) is 11.5. The molecule has 0 aromatic heterocycles. The zero-order valence-corrected chi connectivity index (χ0v) is 34.5. The first kappa shape index (κ1) is 43.2. The number of sulfone groups is 1. The summed E-state index contributed by atoms with van der Waals surface area (Å²) in [5.41, 5.74) is 3.18. The molecule has 2 heterocycles. The van der Waals surface area contributed by atoms with E-state index in [-0.39, 0.29) is 30.5 Å². The van der Waals surface area contributed by atoms with Crippen molar-refractivity contribution >= 4 is 27.2 Å². The van der Waals surface area contributed by atoms with E-state index in [1.54, 1.807) is 30.3 Å². The number of anilines is 2. The van der Waals surface area contributed by atoms with Gasteiger partial charge in [-0.05, 0) is 65.4 Å². The number of urea groups is 1. The number of nitrogens with one attached hydrogen (secondary N) is 2. The van der Waals surface area contributed by atoms with Gasteiger partial charge < -0.3 is 45.1 Å². The standard InChI is InChI=1S/C45H57N3O9S/c1-5-7-23-45(6-2)29-58(53,54)37-22-21-34(48(3)4)25-35(37)38(42(45)51)32-19-14-20-33(24-32)46-44(52)47-43-40(50)41(56-27-31-17-12-9-13-18-31)39(49)36(57-43)28-55-26-30-15-10-8-11-16-30/h8-22,24-25,36,38-43,49-51H,5-7,23,26-29H2,1-4H3,(H2,46,47,52)/t36-,38-,39-,40-,41+,42-,43-,45-/m1/s1. The molecule has 0 aliphatic carbocycles. The van der Waals surface area contributed by atoms with Crippen molar-refractivity contribution in [3.63, 3.8) is 0 Å². The van der Waals surface area contributed by atoms with E-state index >= 15 is 0 Å². The Bertz CT molecular complexity index is 2070. The Morgan fingerprint density at radius 3 is 2.22 bits per heavy atom. The summed E-state index contributed by atoms with van der Waals surface area (Å²) < 4.78 is 46.3. The van der Waals surface area contributed by atoms with E-state index in [1.165, 1.54) is 0 Å². The molecule has 0 radical (unpaired) electrons. The van der Waals surface area contributed by atoms with Crippen molar-refractivity contribution in [3.05, 3.63) is 125 Å². The number of hydrogen-bond donors (Lipinski definition) is 5. The maximum atomic E-state index is 14.1. The van der Waals surface area contributed by atoms with Crippen LogP contribution < -0.4 is 15.5 Å². The summed E-state index contributed by atoms with van der Waals surface area (Å²) in [6.45, 7) is 4.32. The summed E-state index contributed by atoms with van der Waals surface area (Å²) in [6.07, 6.45) is -4.51. The quantitative estimate of drug-likeness (QED) is 0.0963. The molecule has 0 bridgehead atoms. The topological polar surface area (TPSA) is 167 Å². The molecule has 6 rings (SSSR count). The van der Waals surface area contributed by atoms with Gasteiger partial charge in [-0.2, -0.15) is 0 Å². The van der Waals surface area contributed by atoms with Gasteiger partial charge in [-0.1, -0.05) is 99.5 Å². The fourth-order valence-electron chi connectivity index (χ4n) is 8.13. The van der Waals surface area contributed by atoms with Crippen LogP contribution in [0.3, 0.4) is 0 Å². The van der Waals surface area contributed by atoms with Gasteiger partial charge in [-0.25, -0.2) is 13.2 Å². The minimum Gasteiger partial charge on any atom is -0.392 e. The van der Waals surface area contributed by atoms with Crippen molar-refractivity contribution in [2.24, 2.45) is 5.41 Å². The summed E-state index contributed by atoms with van der Waals surface area (Å²) >= 11 is 0. The summed E-state index contributed by atoms with van der Waals surface area (Å²) in [7, 11) is -0.0233. The smallest absolute Gasteiger partial charge is 0.321 e. The molecule has 2 aliphatic rings. The van der Waals surface area contributed by atoms with Crippen molar-refractivity contribution in [2.75, 3.05) is 36.7 Å². The molecule has 1 saturated heterocycles. The molecule has 2 aliphatic heterocycles. The molecule has 13 heteroatoms. The van der Waals surface area contributed by atoms with Gasteiger partial charge in [0.25, 0.3) is 0 Å². The van der Waals surface area contributed by atoms with E-state index in [4.69, 9.17) is 14.2 Å². The maximum absolute atomic E-state index is 14.1. The van der Waals surface area contributed by atoms with E-state index in [2.05, 4.69) is 10.6 Å². The normalized spacial score (nSPS) is 26.6. The number of ether oxygens (including phenoxy) is 3. The molecule has 12 nitrogen and oxygen atoms in total. The van der Waals surface area contributed by atoms with Crippen LogP contribution in [0.25, 0.3) is 0 Å². The Morgan fingerprint density at radius 2 is 1.57 bits per heavy atom. The Labute approximate surface area is 342 Å². The van der Waals surface area contributed by atoms with Crippen LogP contribution in [0.15, 0.2) is 108 Å². The van der Waals surface area contributed by atoms with Crippen LogP contribution in [0.2, 0.25) is 0 Å². The lowest BCUT2D eigenvalue weighted by Crippen LogP contribution is -2.64. The van der Waals surface area contributed by atoms with Crippen LogP contribution in [0, 0.1) is 5.41 Å². The van der Waals surface area contributed by atoms with Crippen molar-refractivity contribution in [2.45, 2.75) is 100 Å². The van der Waals surface area contributed by atoms with Crippen LogP contribution in [0.4, 0.5) is 16.2 Å². The van der Waals surface area contributed by atoms with Crippen LogP contribution in [0.5, 0.6) is 0 Å². The first-order chi connectivity index (χ1) is 27.9. The second-order valence-corrected chi connectivity index (χ2v) is 17.6. The number of benzene rings is 4. The number of rotatable bonds is 15. The van der Waals surface area contributed by atoms with E-state index in [0.717, 1.165) is 29.7 Å². The number of amides is 2. The van der Waals surface area contributed by atoms with E-state index < -0.39 is 63.9 Å². The number of aliphatic hydroxyl groups is 3. The minimum atomic E-state index is -3.78. The predicted octanol–water partition coefficient (Wildman–Crippen LogP) is 5.99. The van der Waals surface area contributed by atoms with Gasteiger partial charge in [0, 0.05) is 36.8 Å². The molecule has 58 heavy (non-hydrogen) atoms. The molecule has 8 atom stereocenters. The highest BCUT2D eigenvalue weighted by Gasteiger charge is 2.49. The average Bonchev–Trinajstić information content (AvgIpc) is 3.28. The lowest BCUT2D eigenvalue weighted by molar-refractivity contribution is -0.251. The average molecular weight is 816 g/mol. The van der Waals surface area contributed by atoms with Crippen LogP contribution in [-0.2, 0) is 37.3 Å². The number of fused-ring (bicyclic) bond motifs is 1. The Morgan fingerprint density at radius 1 is 0.879 bits per heavy atom. The molecule has 2 amide bonds. The van der Waals surface area contributed by atoms with Gasteiger partial charge >= 0.3 is 6.03 Å². The van der Waals surface area contributed by atoms with E-state index in [1.807, 2.05) is 106 Å². The Balaban J connectivity index is 1.25. The van der Waals surface area contributed by atoms with Crippen molar-refractivity contribution in [3.8, 4) is 0 Å². The second kappa shape index (κ2) is 19.2. The highest BCUT2D eigenvalue weighted by atomic mass is 32.2. The van der Waals surface area contributed by atoms with Gasteiger partial charge in [0.15, 0.2) is 16.1 Å². The molecular weight excluding hydrogens is 759 g/mol. The predicted molar refractivity (Wildman–Crippen MR) is 223 cm³/mol. The summed E-state index contributed by atoms with van der Waals surface area (Å²) in [4.78, 5) is 15.8. The van der Waals surface area contributed by atoms with Gasteiger partial charge in [0.05, 0.1) is 36.6 Å². The number of carbonyl (C=O) groups is 1. The third kappa shape index (κ3) is 9.91. The number of carbonyl (C=O) groups excluding carboxylic acids is 1. The van der Waals surface area contributed by atoms with Gasteiger partial charge in [-0.3, -0.25) is 0 Å². The first-order valence-corrected chi connectivity index (χ1v) is 21.7. The largest absolute Gasteiger partial charge is 0.392 e. The second-order valence-electron chi connectivity index (χ2n) is 15.7. The third-order valence-corrected chi connectivity index (χ3v) is 13.5. The lowest BCUT2D eigenvalue weighted by atomic mass is 9.69. The molecule has 0 saturated carbocycles. The lowest BCUT2D eigenvalue weighted by Gasteiger charge is -2.42. The van der Waals surface area contributed by atoms with E-state index in [0.29, 0.717) is 29.7 Å². The Hall–Kier alpha value is -4.34. The summed E-state index contributed by atoms with van der Waals surface area (Å²) in [5, 5.41) is 40.7. The maximum Gasteiger partial charge on any atom is 0.321 e. The van der Waals surface area contributed by atoms with Gasteiger partial charge in [0.2, 0.25) is 0 Å². The number of hydrogen-bond acceptors (Lipinski definition) is 10. The number of unbranched alkanes of at least 4 members (excludes halogenated alkanes) is 1. The highest BCUT2D eigenvalue weighted by Crippen LogP contribution is 2.49. The van der Waals surface area contributed by atoms with Gasteiger partial charge in [-0.15, -0.1) is 0 Å². The molecular formula is C45H57N3O9S. The molecule has 312 valence electrons. The molecule has 4 aromatic rings. The van der Waals surface area contributed by atoms with Crippen LogP contribution in [-0.4, -0.2) is 93.0 Å². The monoisotopic (exact) mass is 815 g/mol. The van der Waals surface area contributed by atoms with Crippen LogP contribution >= 0.6 is 0 Å². The van der Waals surface area contributed by atoms with Crippen LogP contribution in [0.1, 0.15) is 67.7 Å². The molecule has 4 aromatic carbocycles. The fraction of sp³-hybridized carbons (Fsp3) is 0.444. The van der Waals surface area contributed by atoms with Crippen molar-refractivity contribution in [1.29, 1.82) is 0 Å². The minimum absolute atomic E-state index is 0.0379. The highest BCUT2D eigenvalue weighted by molar-refractivity contribution is 7.91. The van der Waals surface area contributed by atoms with Gasteiger partial charge in [0.1, 0.15) is 24.4 Å². The van der Waals surface area contributed by atoms with Crippen molar-refractivity contribution < 1.29 is 42.7 Å². The summed E-state index contributed by atoms with van der Waals surface area (Å²) in [6, 6.07) is 30.5. The fourth-order valence-corrected chi connectivity index (χ4v) is 10.4. The number of aliphatic hydroxyl groups excluding tert-OH is 3. The molecule has 1 fully saturated rings. The number of nitrogens with zero attached hydrogens (tertiary/aromatic N) is 1. The SMILES string of the molecule is CCCC[C@]1(CC)CS(=O)(=O)c2ccc(N(C)C)cc2[C@@H](c2cccc(NC(=O)N[C@@H]3O[C@H](COCc4ccccc4)[C@@H](O)[C@H](OCc4ccccc4)[C@H]3O)c2)[C@H]1O. The van der Waals surface area contributed by atoms with Crippen molar-refractivity contribution in [1.82, 2.24) is 5.32 Å². The Kier molecular flexibility index (Phi) is 14.3. The zero-order chi connectivity index (χ0) is 41.5. The molecule has 5 N–H and O–H groups in total. The summed E-state index contributed by atoms with van der Waals surface area (Å²) in [5.74, 6) is -0.895. The zero-order valence-electron chi connectivity index (χ0n) is 33.7. The first-order valence-electron chi connectivity index (χ1n) is 20.0. The van der Waals surface area contributed by atoms with E-state index in [9.17, 15) is 28.5 Å². The molecule has 0 spiro atoms.